The Hall–Kier alpha value is -1.04. The van der Waals surface area contributed by atoms with E-state index >= 15 is 0 Å². The smallest absolute Gasteiger partial charge is 0.410 e. The molecular weight excluding hydrogens is 322 g/mol. The molecule has 0 bridgehead atoms. The topological polar surface area (TPSA) is 58.2 Å². The Morgan fingerprint density at radius 3 is 2.30 bits per heavy atom. The number of nitrogens with one attached hydrogen (secondary N) is 1. The van der Waals surface area contributed by atoms with Crippen molar-refractivity contribution in [3.8, 4) is 0 Å². The van der Waals surface area contributed by atoms with Crippen LogP contribution < -0.4 is 0 Å². The van der Waals surface area contributed by atoms with Gasteiger partial charge in [-0.25, -0.2) is 4.79 Å². The lowest BCUT2D eigenvalue weighted by Crippen LogP contribution is -2.39. The van der Waals surface area contributed by atoms with Crippen LogP contribution in [0.3, 0.4) is 0 Å². The van der Waals surface area contributed by atoms with Crippen LogP contribution in [-0.2, 0) is 4.74 Å². The molecule has 1 aromatic rings. The highest BCUT2D eigenvalue weighted by molar-refractivity contribution is 9.10. The van der Waals surface area contributed by atoms with E-state index in [4.69, 9.17) is 4.74 Å². The minimum atomic E-state index is -0.367. The van der Waals surface area contributed by atoms with Gasteiger partial charge in [0.2, 0.25) is 0 Å². The van der Waals surface area contributed by atoms with Gasteiger partial charge in [-0.15, -0.1) is 0 Å². The van der Waals surface area contributed by atoms with Gasteiger partial charge in [0.05, 0.1) is 10.7 Å². The number of rotatable bonds is 0. The number of aromatic amines is 1. The van der Waals surface area contributed by atoms with Crippen LogP contribution in [0.25, 0.3) is 0 Å². The number of carbonyl (C=O) groups excluding carboxylic acids is 1. The van der Waals surface area contributed by atoms with Crippen molar-refractivity contribution in [2.24, 2.45) is 0 Å². The number of piperidine rings is 1. The van der Waals surface area contributed by atoms with Crippen molar-refractivity contribution in [2.45, 2.75) is 52.6 Å². The summed E-state index contributed by atoms with van der Waals surface area (Å²) in [6, 6.07) is 0. The van der Waals surface area contributed by atoms with E-state index in [-0.39, 0.29) is 11.7 Å². The Morgan fingerprint density at radius 2 is 1.95 bits per heavy atom. The molecule has 1 aliphatic heterocycles. The molecule has 114 valence electrons. The van der Waals surface area contributed by atoms with Crippen LogP contribution in [0, 0.1) is 6.92 Å². The van der Waals surface area contributed by atoms with Gasteiger partial charge < -0.3 is 9.64 Å². The molecule has 1 N–H and O–H groups in total. The van der Waals surface area contributed by atoms with Crippen LogP contribution >= 0.6 is 15.9 Å². The van der Waals surface area contributed by atoms with E-state index in [2.05, 4.69) is 26.1 Å². The second kappa shape index (κ2) is 7.67. The molecule has 1 aromatic heterocycles. The number of ether oxygens (including phenoxy) is 1. The number of H-pyrrole nitrogens is 1. The largest absolute Gasteiger partial charge is 0.444 e. The summed E-state index contributed by atoms with van der Waals surface area (Å²) in [6.45, 7) is 9.36. The summed E-state index contributed by atoms with van der Waals surface area (Å²) < 4.78 is 6.30. The quantitative estimate of drug-likeness (QED) is 0.775. The average Bonchev–Trinajstić information content (AvgIpc) is 2.74. The summed E-state index contributed by atoms with van der Waals surface area (Å²) in [4.78, 5) is 13.3. The zero-order chi connectivity index (χ0) is 15.2. The van der Waals surface area contributed by atoms with Crippen molar-refractivity contribution in [2.75, 3.05) is 13.1 Å². The zero-order valence-electron chi connectivity index (χ0n) is 12.7. The summed E-state index contributed by atoms with van der Waals surface area (Å²) in [7, 11) is 0. The van der Waals surface area contributed by atoms with Crippen LogP contribution in [0.1, 0.15) is 45.7 Å². The highest BCUT2D eigenvalue weighted by Gasteiger charge is 2.22. The van der Waals surface area contributed by atoms with Crippen LogP contribution in [0.15, 0.2) is 10.7 Å². The van der Waals surface area contributed by atoms with Crippen LogP contribution in [0.2, 0.25) is 0 Å². The number of halogens is 1. The maximum absolute atomic E-state index is 11.5. The number of amides is 1. The highest BCUT2D eigenvalue weighted by atomic mass is 79.9. The first kappa shape index (κ1) is 17.0. The van der Waals surface area contributed by atoms with Crippen molar-refractivity contribution < 1.29 is 9.53 Å². The molecule has 0 aromatic carbocycles. The first-order valence-electron chi connectivity index (χ1n) is 6.93. The van der Waals surface area contributed by atoms with Crippen molar-refractivity contribution in [1.29, 1.82) is 0 Å². The summed E-state index contributed by atoms with van der Waals surface area (Å²) in [5.41, 5.74) is 0.703. The van der Waals surface area contributed by atoms with Crippen LogP contribution in [0.5, 0.6) is 0 Å². The van der Waals surface area contributed by atoms with Crippen molar-refractivity contribution in [1.82, 2.24) is 15.1 Å². The van der Waals surface area contributed by atoms with Crippen LogP contribution in [0.4, 0.5) is 4.79 Å². The van der Waals surface area contributed by atoms with Gasteiger partial charge in [-0.3, -0.25) is 5.10 Å². The number of hydrogen-bond acceptors (Lipinski definition) is 3. The van der Waals surface area contributed by atoms with Gasteiger partial charge in [0.1, 0.15) is 5.60 Å². The molecule has 0 spiro atoms. The fourth-order valence-electron chi connectivity index (χ4n) is 1.74. The molecule has 0 saturated carbocycles. The minimum absolute atomic E-state index is 0.160. The molecule has 0 atom stereocenters. The molecule has 0 unspecified atom stereocenters. The molecule has 1 fully saturated rings. The van der Waals surface area contributed by atoms with Gasteiger partial charge in [-0.05, 0) is 62.9 Å². The average molecular weight is 346 g/mol. The standard InChI is InChI=1S/C10H19NO2.C4H5BrN2/c1-10(2,3)13-9(12)11-7-5-4-6-8-11;1-3-4(5)2-6-7-3/h4-8H2,1-3H3;2H,1H3,(H,6,7). The van der Waals surface area contributed by atoms with Crippen molar-refractivity contribution in [3.05, 3.63) is 16.4 Å². The predicted octanol–water partition coefficient (Wildman–Crippen LogP) is 3.89. The first-order valence-corrected chi connectivity index (χ1v) is 7.72. The monoisotopic (exact) mass is 345 g/mol. The molecule has 1 aliphatic rings. The van der Waals surface area contributed by atoms with Gasteiger partial charge in [0.15, 0.2) is 0 Å². The van der Waals surface area contributed by atoms with Crippen molar-refractivity contribution >= 4 is 22.0 Å². The maximum atomic E-state index is 11.5. The Bertz CT molecular complexity index is 404. The number of nitrogens with zero attached hydrogens (tertiary/aromatic N) is 2. The van der Waals surface area contributed by atoms with Gasteiger partial charge in [0.25, 0.3) is 0 Å². The second-order valence-corrected chi connectivity index (χ2v) is 6.73. The molecule has 0 radical (unpaired) electrons. The summed E-state index contributed by atoms with van der Waals surface area (Å²) in [5.74, 6) is 0. The fraction of sp³-hybridized carbons (Fsp3) is 0.714. The third-order valence-electron chi connectivity index (χ3n) is 2.78. The lowest BCUT2D eigenvalue weighted by molar-refractivity contribution is 0.0216. The van der Waals surface area contributed by atoms with Gasteiger partial charge in [0, 0.05) is 18.8 Å². The number of aryl methyl sites for hydroxylation is 1. The molecular formula is C14H24BrN3O2. The predicted molar refractivity (Wildman–Crippen MR) is 82.7 cm³/mol. The Balaban J connectivity index is 0.000000240. The van der Waals surface area contributed by atoms with E-state index in [0.717, 1.165) is 36.1 Å². The number of aromatic nitrogens is 2. The summed E-state index contributed by atoms with van der Waals surface area (Å²) >= 11 is 3.27. The molecule has 1 amide bonds. The van der Waals surface area contributed by atoms with Gasteiger partial charge >= 0.3 is 6.09 Å². The number of carbonyl (C=O) groups is 1. The molecule has 0 aliphatic carbocycles. The maximum Gasteiger partial charge on any atom is 0.410 e. The van der Waals surface area contributed by atoms with E-state index in [9.17, 15) is 4.79 Å². The van der Waals surface area contributed by atoms with Crippen molar-refractivity contribution in [3.63, 3.8) is 0 Å². The zero-order valence-corrected chi connectivity index (χ0v) is 14.3. The second-order valence-electron chi connectivity index (χ2n) is 5.87. The normalized spacial score (nSPS) is 15.3. The molecule has 1 saturated heterocycles. The van der Waals surface area contributed by atoms with Gasteiger partial charge in [-0.2, -0.15) is 5.10 Å². The molecule has 2 rings (SSSR count). The third-order valence-corrected chi connectivity index (χ3v) is 3.58. The number of hydrogen-bond donors (Lipinski definition) is 1. The van der Waals surface area contributed by atoms with E-state index < -0.39 is 0 Å². The lowest BCUT2D eigenvalue weighted by Gasteiger charge is -2.29. The lowest BCUT2D eigenvalue weighted by atomic mass is 10.1. The fourth-order valence-corrected chi connectivity index (χ4v) is 1.93. The Kier molecular flexibility index (Phi) is 6.52. The summed E-state index contributed by atoms with van der Waals surface area (Å²) in [5, 5.41) is 6.52. The number of likely N-dealkylation sites (tertiary alicyclic amines) is 1. The Labute approximate surface area is 129 Å². The van der Waals surface area contributed by atoms with Crippen LogP contribution in [-0.4, -0.2) is 39.9 Å². The van der Waals surface area contributed by atoms with E-state index in [0.29, 0.717) is 0 Å². The molecule has 2 heterocycles. The van der Waals surface area contributed by atoms with E-state index in [1.54, 1.807) is 11.1 Å². The van der Waals surface area contributed by atoms with E-state index in [1.807, 2.05) is 27.7 Å². The SMILES string of the molecule is CC(C)(C)OC(=O)N1CCCCC1.Cc1[nH]ncc1Br. The molecule has 6 heteroatoms. The molecule has 20 heavy (non-hydrogen) atoms. The highest BCUT2D eigenvalue weighted by Crippen LogP contribution is 2.14. The van der Waals surface area contributed by atoms with Gasteiger partial charge in [-0.1, -0.05) is 0 Å². The van der Waals surface area contributed by atoms with E-state index in [1.165, 1.54) is 6.42 Å². The molecule has 5 nitrogen and oxygen atoms in total. The first-order chi connectivity index (χ1) is 9.29. The third kappa shape index (κ3) is 6.41. The Morgan fingerprint density at radius 1 is 1.35 bits per heavy atom. The minimum Gasteiger partial charge on any atom is -0.444 e. The summed E-state index contributed by atoms with van der Waals surface area (Å²) in [6.07, 6.45) is 5.03.